The Labute approximate surface area is 120 Å². The maximum absolute atomic E-state index is 10.6. The van der Waals surface area contributed by atoms with E-state index in [0.29, 0.717) is 0 Å². The molecule has 0 saturated carbocycles. The second kappa shape index (κ2) is 5.78. The van der Waals surface area contributed by atoms with Crippen LogP contribution in [-0.2, 0) is 0 Å². The Morgan fingerprint density at radius 2 is 1.35 bits per heavy atom. The lowest BCUT2D eigenvalue weighted by atomic mass is 9.88. The summed E-state index contributed by atoms with van der Waals surface area (Å²) in [6.45, 7) is 8.11. The monoisotopic (exact) mass is 270 g/mol. The van der Waals surface area contributed by atoms with Gasteiger partial charge in [0.25, 0.3) is 0 Å². The first-order valence-electron chi connectivity index (χ1n) is 6.92. The number of aryl methyl sites for hydroxylation is 2. The summed E-state index contributed by atoms with van der Waals surface area (Å²) in [4.78, 5) is 0. The molecule has 2 nitrogen and oxygen atoms in total. The van der Waals surface area contributed by atoms with Gasteiger partial charge in [-0.3, -0.25) is 0 Å². The lowest BCUT2D eigenvalue weighted by molar-refractivity contribution is 0.0164. The maximum Gasteiger partial charge on any atom is 0.110 e. The van der Waals surface area contributed by atoms with Crippen LogP contribution in [0.1, 0.15) is 45.6 Å². The molecule has 0 aromatic heterocycles. The van der Waals surface area contributed by atoms with Crippen molar-refractivity contribution in [3.05, 3.63) is 69.8 Å². The highest BCUT2D eigenvalue weighted by Gasteiger charge is 2.24. The van der Waals surface area contributed by atoms with Crippen molar-refractivity contribution in [3.8, 4) is 0 Å². The second-order valence-corrected chi connectivity index (χ2v) is 5.47. The van der Waals surface area contributed by atoms with Gasteiger partial charge in [-0.2, -0.15) is 0 Å². The summed E-state index contributed by atoms with van der Waals surface area (Å²) < 4.78 is 0. The third-order valence-electron chi connectivity index (χ3n) is 4.15. The summed E-state index contributed by atoms with van der Waals surface area (Å²) >= 11 is 0. The number of hydrogen-bond donors (Lipinski definition) is 2. The molecular weight excluding hydrogens is 248 g/mol. The zero-order valence-electron chi connectivity index (χ0n) is 12.5. The van der Waals surface area contributed by atoms with E-state index in [1.807, 2.05) is 44.2 Å². The fraction of sp³-hybridized carbons (Fsp3) is 0.333. The lowest BCUT2D eigenvalue weighted by Crippen LogP contribution is -2.14. The van der Waals surface area contributed by atoms with E-state index in [-0.39, 0.29) is 0 Å². The van der Waals surface area contributed by atoms with E-state index in [1.165, 1.54) is 11.1 Å². The van der Waals surface area contributed by atoms with E-state index < -0.39 is 12.2 Å². The molecule has 2 unspecified atom stereocenters. The van der Waals surface area contributed by atoms with E-state index >= 15 is 0 Å². The molecule has 106 valence electrons. The van der Waals surface area contributed by atoms with Crippen LogP contribution in [0.15, 0.2) is 36.4 Å². The topological polar surface area (TPSA) is 40.5 Å². The van der Waals surface area contributed by atoms with Gasteiger partial charge in [-0.15, -0.1) is 0 Å². The fourth-order valence-corrected chi connectivity index (χ4v) is 2.75. The van der Waals surface area contributed by atoms with Crippen LogP contribution in [-0.4, -0.2) is 10.2 Å². The van der Waals surface area contributed by atoms with Crippen LogP contribution in [0.2, 0.25) is 0 Å². The Morgan fingerprint density at radius 3 is 1.95 bits per heavy atom. The summed E-state index contributed by atoms with van der Waals surface area (Å²) in [5, 5.41) is 21.0. The molecule has 2 atom stereocenters. The van der Waals surface area contributed by atoms with Gasteiger partial charge in [0.1, 0.15) is 12.2 Å². The van der Waals surface area contributed by atoms with Gasteiger partial charge in [0.15, 0.2) is 0 Å². The summed E-state index contributed by atoms with van der Waals surface area (Å²) in [6.07, 6.45) is -1.81. The molecular formula is C18H22O2. The first kappa shape index (κ1) is 14.8. The minimum absolute atomic E-state index is 0.733. The van der Waals surface area contributed by atoms with Crippen LogP contribution in [0.5, 0.6) is 0 Å². The third-order valence-corrected chi connectivity index (χ3v) is 4.15. The van der Waals surface area contributed by atoms with Crippen molar-refractivity contribution < 1.29 is 10.2 Å². The molecule has 2 heteroatoms. The summed E-state index contributed by atoms with van der Waals surface area (Å²) in [5.41, 5.74) is 6.04. The average Bonchev–Trinajstić information content (AvgIpc) is 2.45. The summed E-state index contributed by atoms with van der Waals surface area (Å²) in [5.74, 6) is 0. The number of rotatable bonds is 3. The largest absolute Gasteiger partial charge is 0.385 e. The maximum atomic E-state index is 10.6. The number of hydrogen-bond acceptors (Lipinski definition) is 2. The minimum Gasteiger partial charge on any atom is -0.385 e. The molecule has 2 N–H and O–H groups in total. The van der Waals surface area contributed by atoms with Crippen LogP contribution >= 0.6 is 0 Å². The molecule has 0 bridgehead atoms. The molecule has 2 rings (SSSR count). The average molecular weight is 270 g/mol. The predicted molar refractivity (Wildman–Crippen MR) is 81.8 cm³/mol. The van der Waals surface area contributed by atoms with Gasteiger partial charge < -0.3 is 10.2 Å². The van der Waals surface area contributed by atoms with Gasteiger partial charge in [0, 0.05) is 0 Å². The van der Waals surface area contributed by atoms with Crippen LogP contribution in [0.25, 0.3) is 0 Å². The molecule has 2 aromatic carbocycles. The fourth-order valence-electron chi connectivity index (χ4n) is 2.75. The number of aliphatic hydroxyl groups excluding tert-OH is 2. The van der Waals surface area contributed by atoms with E-state index in [1.54, 1.807) is 0 Å². The van der Waals surface area contributed by atoms with Crippen molar-refractivity contribution in [2.24, 2.45) is 0 Å². The van der Waals surface area contributed by atoms with Crippen molar-refractivity contribution in [2.75, 3.05) is 0 Å². The van der Waals surface area contributed by atoms with Gasteiger partial charge in [0.2, 0.25) is 0 Å². The van der Waals surface area contributed by atoms with E-state index in [0.717, 1.165) is 22.3 Å². The highest BCUT2D eigenvalue weighted by molar-refractivity contribution is 5.45. The molecule has 0 fully saturated rings. The van der Waals surface area contributed by atoms with E-state index in [4.69, 9.17) is 0 Å². The Bertz CT molecular complexity index is 603. The Hall–Kier alpha value is -1.64. The predicted octanol–water partition coefficient (Wildman–Crippen LogP) is 3.69. The zero-order chi connectivity index (χ0) is 14.9. The highest BCUT2D eigenvalue weighted by atomic mass is 16.3. The SMILES string of the molecule is Cc1cc(C)c(C(O)C(O)c2ccccc2)c(C)c1C. The molecule has 20 heavy (non-hydrogen) atoms. The molecule has 2 aromatic rings. The van der Waals surface area contributed by atoms with Crippen molar-refractivity contribution >= 4 is 0 Å². The molecule has 0 spiro atoms. The first-order chi connectivity index (χ1) is 9.43. The Kier molecular flexibility index (Phi) is 4.26. The van der Waals surface area contributed by atoms with Crippen molar-refractivity contribution in [1.82, 2.24) is 0 Å². The van der Waals surface area contributed by atoms with Gasteiger partial charge in [-0.05, 0) is 61.1 Å². The molecule has 0 aliphatic rings. The molecule has 0 amide bonds. The third kappa shape index (κ3) is 2.62. The summed E-state index contributed by atoms with van der Waals surface area (Å²) in [7, 11) is 0. The smallest absolute Gasteiger partial charge is 0.110 e. The number of aliphatic hydroxyl groups is 2. The van der Waals surface area contributed by atoms with E-state index in [2.05, 4.69) is 19.9 Å². The summed E-state index contributed by atoms with van der Waals surface area (Å²) in [6, 6.07) is 11.4. The quantitative estimate of drug-likeness (QED) is 0.893. The van der Waals surface area contributed by atoms with Crippen molar-refractivity contribution in [3.63, 3.8) is 0 Å². The highest BCUT2D eigenvalue weighted by Crippen LogP contribution is 2.34. The van der Waals surface area contributed by atoms with Crippen molar-refractivity contribution in [2.45, 2.75) is 39.9 Å². The Morgan fingerprint density at radius 1 is 0.750 bits per heavy atom. The molecule has 0 radical (unpaired) electrons. The van der Waals surface area contributed by atoms with E-state index in [9.17, 15) is 10.2 Å². The molecule has 0 saturated heterocycles. The molecule has 0 heterocycles. The Balaban J connectivity index is 2.44. The van der Waals surface area contributed by atoms with Crippen LogP contribution in [0.3, 0.4) is 0 Å². The van der Waals surface area contributed by atoms with Gasteiger partial charge in [-0.1, -0.05) is 36.4 Å². The molecule has 0 aliphatic heterocycles. The second-order valence-electron chi connectivity index (χ2n) is 5.47. The van der Waals surface area contributed by atoms with Crippen LogP contribution in [0, 0.1) is 27.7 Å². The minimum atomic E-state index is -0.907. The van der Waals surface area contributed by atoms with Crippen LogP contribution in [0.4, 0.5) is 0 Å². The van der Waals surface area contributed by atoms with Crippen LogP contribution < -0.4 is 0 Å². The standard InChI is InChI=1S/C18H22O2/c1-11-10-12(2)16(14(4)13(11)3)18(20)17(19)15-8-6-5-7-9-15/h5-10,17-20H,1-4H3. The normalized spacial score (nSPS) is 14.1. The van der Waals surface area contributed by atoms with Gasteiger partial charge in [0.05, 0.1) is 0 Å². The first-order valence-corrected chi connectivity index (χ1v) is 6.92. The molecule has 0 aliphatic carbocycles. The van der Waals surface area contributed by atoms with Gasteiger partial charge in [-0.25, -0.2) is 0 Å². The lowest BCUT2D eigenvalue weighted by Gasteiger charge is -2.24. The number of benzene rings is 2. The van der Waals surface area contributed by atoms with Crippen molar-refractivity contribution in [1.29, 1.82) is 0 Å². The zero-order valence-corrected chi connectivity index (χ0v) is 12.5. The van der Waals surface area contributed by atoms with Gasteiger partial charge >= 0.3 is 0 Å².